The van der Waals surface area contributed by atoms with E-state index in [2.05, 4.69) is 33.7 Å². The average molecular weight is 726 g/mol. The molecular weight excluding hydrogens is 666 g/mol. The van der Waals surface area contributed by atoms with Crippen LogP contribution in [0.3, 0.4) is 0 Å². The number of ketones is 1. The monoisotopic (exact) mass is 725 g/mol. The van der Waals surface area contributed by atoms with E-state index in [0.717, 1.165) is 64.8 Å². The molecule has 0 aromatic carbocycles. The maximum absolute atomic E-state index is 13.3. The summed E-state index contributed by atoms with van der Waals surface area (Å²) in [6.45, 7) is 16.8. The van der Waals surface area contributed by atoms with E-state index in [4.69, 9.17) is 23.9 Å². The lowest BCUT2D eigenvalue weighted by atomic mass is 10.0. The molecular formula is C38H59N7O7. The Morgan fingerprint density at radius 3 is 2.29 bits per heavy atom. The normalized spacial score (nSPS) is 14.3. The van der Waals surface area contributed by atoms with Crippen LogP contribution in [-0.4, -0.2) is 119 Å². The summed E-state index contributed by atoms with van der Waals surface area (Å²) in [7, 11) is 0. The molecule has 0 radical (unpaired) electrons. The largest absolute Gasteiger partial charge is 0.384 e. The number of hydrogen-bond acceptors (Lipinski definition) is 12. The zero-order valence-corrected chi connectivity index (χ0v) is 31.4. The van der Waals surface area contributed by atoms with E-state index in [1.165, 1.54) is 4.68 Å². The molecule has 0 amide bonds. The second-order valence-electron chi connectivity index (χ2n) is 13.7. The van der Waals surface area contributed by atoms with Crippen molar-refractivity contribution >= 4 is 22.8 Å². The fourth-order valence-electron chi connectivity index (χ4n) is 5.96. The molecule has 1 aliphatic rings. The molecule has 2 N–H and O–H groups in total. The number of aliphatic hydroxyl groups is 1. The molecule has 4 rings (SSSR count). The molecule has 1 saturated heterocycles. The topological polar surface area (TPSA) is 155 Å². The van der Waals surface area contributed by atoms with Gasteiger partial charge in [0.05, 0.1) is 58.5 Å². The highest BCUT2D eigenvalue weighted by Crippen LogP contribution is 2.22. The molecule has 14 heteroatoms. The zero-order valence-electron chi connectivity index (χ0n) is 31.4. The first-order valence-electron chi connectivity index (χ1n) is 18.8. The minimum absolute atomic E-state index is 0.196. The highest BCUT2D eigenvalue weighted by molar-refractivity contribution is 5.78. The molecule has 3 aromatic rings. The van der Waals surface area contributed by atoms with Gasteiger partial charge in [-0.15, -0.1) is 6.58 Å². The molecule has 14 nitrogen and oxygen atoms in total. The Morgan fingerprint density at radius 2 is 1.63 bits per heavy atom. The molecule has 0 aliphatic carbocycles. The van der Waals surface area contributed by atoms with E-state index in [0.29, 0.717) is 87.6 Å². The summed E-state index contributed by atoms with van der Waals surface area (Å²) in [4.78, 5) is 42.0. The summed E-state index contributed by atoms with van der Waals surface area (Å²) in [6.07, 6.45) is 10.2. The number of pyridine rings is 1. The number of rotatable bonds is 26. The summed E-state index contributed by atoms with van der Waals surface area (Å²) < 4.78 is 25.2. The van der Waals surface area contributed by atoms with E-state index >= 15 is 0 Å². The van der Waals surface area contributed by atoms with Gasteiger partial charge >= 0.3 is 0 Å². The van der Waals surface area contributed by atoms with Crippen molar-refractivity contribution in [1.29, 1.82) is 0 Å². The lowest BCUT2D eigenvalue weighted by Crippen LogP contribution is -2.39. The number of unbranched alkanes of at least 4 members (excludes halogenated alkanes) is 2. The van der Waals surface area contributed by atoms with E-state index in [1.54, 1.807) is 49.0 Å². The predicted octanol–water partition coefficient (Wildman–Crippen LogP) is 4.26. The van der Waals surface area contributed by atoms with Crippen LogP contribution < -0.4 is 10.9 Å². The fourth-order valence-corrected chi connectivity index (χ4v) is 5.96. The molecule has 288 valence electrons. The van der Waals surface area contributed by atoms with Crippen LogP contribution in [0.4, 0.5) is 5.95 Å². The first-order chi connectivity index (χ1) is 25.2. The van der Waals surface area contributed by atoms with Crippen LogP contribution in [0.25, 0.3) is 16.9 Å². The van der Waals surface area contributed by atoms with Crippen LogP contribution >= 0.6 is 0 Å². The maximum atomic E-state index is 13.3. The van der Waals surface area contributed by atoms with Crippen molar-refractivity contribution in [2.45, 2.75) is 90.3 Å². The highest BCUT2D eigenvalue weighted by Gasteiger charge is 2.23. The Hall–Kier alpha value is -3.53. The van der Waals surface area contributed by atoms with Crippen molar-refractivity contribution in [3.05, 3.63) is 53.1 Å². The second kappa shape index (κ2) is 21.9. The van der Waals surface area contributed by atoms with Gasteiger partial charge in [0.25, 0.3) is 5.56 Å². The number of carbonyl (C=O) groups is 1. The zero-order chi connectivity index (χ0) is 37.2. The number of ether oxygens (including phenoxy) is 4. The van der Waals surface area contributed by atoms with Gasteiger partial charge in [-0.3, -0.25) is 9.59 Å². The number of hydrogen-bond donors (Lipinski definition) is 2. The Kier molecular flexibility index (Phi) is 17.3. The lowest BCUT2D eigenvalue weighted by Gasteiger charge is -2.32. The Bertz CT molecular complexity index is 1580. The van der Waals surface area contributed by atoms with Crippen molar-refractivity contribution in [2.75, 3.05) is 77.8 Å². The van der Waals surface area contributed by atoms with Crippen molar-refractivity contribution in [3.8, 4) is 5.82 Å². The van der Waals surface area contributed by atoms with Crippen molar-refractivity contribution < 1.29 is 28.8 Å². The molecule has 4 heterocycles. The maximum Gasteiger partial charge on any atom is 0.278 e. The van der Waals surface area contributed by atoms with E-state index in [1.807, 2.05) is 0 Å². The Morgan fingerprint density at radius 1 is 0.962 bits per heavy atom. The van der Waals surface area contributed by atoms with Crippen LogP contribution in [0.2, 0.25) is 0 Å². The molecule has 0 saturated carbocycles. The fraction of sp³-hybridized carbons (Fsp3) is 0.658. The van der Waals surface area contributed by atoms with Crippen LogP contribution in [-0.2, 0) is 35.9 Å². The third-order valence-corrected chi connectivity index (χ3v) is 8.94. The van der Waals surface area contributed by atoms with E-state index in [-0.39, 0.29) is 23.9 Å². The number of nitrogens with one attached hydrogen (secondary N) is 1. The summed E-state index contributed by atoms with van der Waals surface area (Å²) in [6, 6.07) is 5.54. The van der Waals surface area contributed by atoms with Gasteiger partial charge in [0.15, 0.2) is 11.5 Å². The van der Waals surface area contributed by atoms with E-state index < -0.39 is 5.60 Å². The summed E-state index contributed by atoms with van der Waals surface area (Å²) in [5.41, 5.74) is -0.467. The molecule has 0 atom stereocenters. The van der Waals surface area contributed by atoms with Gasteiger partial charge in [-0.2, -0.15) is 4.98 Å². The van der Waals surface area contributed by atoms with Gasteiger partial charge in [-0.05, 0) is 64.6 Å². The number of carbonyl (C=O) groups excluding carboxylic acids is 1. The van der Waals surface area contributed by atoms with Crippen LogP contribution in [0, 0.1) is 0 Å². The van der Waals surface area contributed by atoms with Gasteiger partial charge in [0.1, 0.15) is 16.8 Å². The Labute approximate surface area is 307 Å². The Balaban J connectivity index is 1.11. The number of allylic oxidation sites excluding steroid dienone is 1. The molecule has 0 bridgehead atoms. The number of fused-ring (bicyclic) bond motifs is 1. The smallest absolute Gasteiger partial charge is 0.278 e. The van der Waals surface area contributed by atoms with Crippen LogP contribution in [0.5, 0.6) is 0 Å². The first kappa shape index (κ1) is 41.2. The number of nitrogens with zero attached hydrogens (tertiary/aromatic N) is 6. The summed E-state index contributed by atoms with van der Waals surface area (Å²) in [5.74, 6) is 1.16. The average Bonchev–Trinajstić information content (AvgIpc) is 3.40. The number of piperidine rings is 1. The summed E-state index contributed by atoms with van der Waals surface area (Å²) in [5, 5.41) is 14.4. The SMILES string of the molecule is C=CCn1c(=O)c2cnc(NC3CCN(CCCCC(=O)CCOCCOCCOCCOCCCC)CC3)nc2n1-c1cccc(C(C)(C)O)n1. The van der Waals surface area contributed by atoms with E-state index in [9.17, 15) is 14.7 Å². The van der Waals surface area contributed by atoms with Crippen molar-refractivity contribution in [2.24, 2.45) is 0 Å². The summed E-state index contributed by atoms with van der Waals surface area (Å²) >= 11 is 0. The van der Waals surface area contributed by atoms with Gasteiger partial charge in [0.2, 0.25) is 5.95 Å². The lowest BCUT2D eigenvalue weighted by molar-refractivity contribution is -0.120. The third kappa shape index (κ3) is 13.2. The standard InChI is InChI=1S/C38H59N7O7/c1-5-7-21-49-23-25-51-27-28-52-26-24-50-22-16-31(46)11-8-9-18-43-19-14-30(15-20-43)40-37-39-29-32-35(42-37)45(44(17-6-2)36(32)47)34-13-10-12-33(41-34)38(3,4)48/h6,10,12-13,29-30,48H,2,5,7-9,11,14-28H2,1,3-4H3,(H,39,40,42). The molecule has 3 aromatic heterocycles. The number of Topliss-reactive ketones (excluding diaryl/α,β-unsaturated/α-hetero) is 1. The van der Waals surface area contributed by atoms with Crippen molar-refractivity contribution in [3.63, 3.8) is 0 Å². The molecule has 1 fully saturated rings. The van der Waals surface area contributed by atoms with Crippen molar-refractivity contribution in [1.82, 2.24) is 29.2 Å². The quantitative estimate of drug-likeness (QED) is 0.0898. The number of aromatic nitrogens is 5. The minimum Gasteiger partial charge on any atom is -0.384 e. The molecule has 0 spiro atoms. The second-order valence-corrected chi connectivity index (χ2v) is 13.7. The van der Waals surface area contributed by atoms with Gasteiger partial charge in [-0.25, -0.2) is 19.3 Å². The van der Waals surface area contributed by atoms with Gasteiger partial charge < -0.3 is 34.3 Å². The van der Waals surface area contributed by atoms with Gasteiger partial charge in [0, 0.05) is 44.8 Å². The molecule has 0 unspecified atom stereocenters. The first-order valence-corrected chi connectivity index (χ1v) is 18.8. The third-order valence-electron chi connectivity index (χ3n) is 8.94. The predicted molar refractivity (Wildman–Crippen MR) is 201 cm³/mol. The van der Waals surface area contributed by atoms with Crippen LogP contribution in [0.1, 0.15) is 77.8 Å². The molecule has 52 heavy (non-hydrogen) atoms. The molecule has 1 aliphatic heterocycles. The minimum atomic E-state index is -1.15. The van der Waals surface area contributed by atoms with Crippen LogP contribution in [0.15, 0.2) is 41.8 Å². The number of anilines is 1. The number of likely N-dealkylation sites (tertiary alicyclic amines) is 1. The highest BCUT2D eigenvalue weighted by atomic mass is 16.6. The van der Waals surface area contributed by atoms with Gasteiger partial charge in [-0.1, -0.05) is 25.5 Å².